The van der Waals surface area contributed by atoms with Crippen LogP contribution in [-0.2, 0) is 27.2 Å². The van der Waals surface area contributed by atoms with Crippen LogP contribution in [0.5, 0.6) is 0 Å². The Morgan fingerprint density at radius 1 is 0.875 bits per heavy atom. The molecule has 0 saturated heterocycles. The van der Waals surface area contributed by atoms with E-state index in [1.165, 1.54) is 19.1 Å². The van der Waals surface area contributed by atoms with Crippen LogP contribution in [0.1, 0.15) is 11.1 Å². The summed E-state index contributed by atoms with van der Waals surface area (Å²) >= 11 is 0. The second-order valence-electron chi connectivity index (χ2n) is 5.31. The van der Waals surface area contributed by atoms with Crippen molar-refractivity contribution >= 4 is 12.1 Å². The van der Waals surface area contributed by atoms with Crippen molar-refractivity contribution in [2.45, 2.75) is 19.0 Å². The molecule has 0 heterocycles. The fraction of sp³-hybridized carbons (Fsp3) is 0.263. The molecule has 0 aliphatic heterocycles. The topological polar surface area (TPSA) is 55.8 Å². The van der Waals surface area contributed by atoms with Crippen molar-refractivity contribution in [1.82, 2.24) is 4.90 Å². The Morgan fingerprint density at radius 3 is 1.92 bits per heavy atom. The molecule has 1 amide bonds. The van der Waals surface area contributed by atoms with E-state index >= 15 is 0 Å². The van der Waals surface area contributed by atoms with Gasteiger partial charge in [-0.2, -0.15) is 0 Å². The minimum absolute atomic E-state index is 0.264. The number of carbonyl (C=O) groups is 2. The highest BCUT2D eigenvalue weighted by Gasteiger charge is 2.31. The smallest absolute Gasteiger partial charge is 0.410 e. The largest absolute Gasteiger partial charge is 0.467 e. The van der Waals surface area contributed by atoms with Gasteiger partial charge >= 0.3 is 12.1 Å². The number of rotatable bonds is 6. The van der Waals surface area contributed by atoms with Gasteiger partial charge in [0.2, 0.25) is 0 Å². The van der Waals surface area contributed by atoms with Crippen molar-refractivity contribution in [1.29, 1.82) is 0 Å². The van der Waals surface area contributed by atoms with Gasteiger partial charge < -0.3 is 9.47 Å². The minimum atomic E-state index is -0.759. The molecule has 2 rings (SSSR count). The van der Waals surface area contributed by atoms with Crippen molar-refractivity contribution in [3.05, 3.63) is 71.8 Å². The third-order valence-corrected chi connectivity index (χ3v) is 3.73. The Hall–Kier alpha value is -2.82. The summed E-state index contributed by atoms with van der Waals surface area (Å²) in [6.07, 6.45) is -0.208. The van der Waals surface area contributed by atoms with Gasteiger partial charge in [-0.05, 0) is 11.1 Å². The minimum Gasteiger partial charge on any atom is -0.467 e. The number of esters is 1. The van der Waals surface area contributed by atoms with Crippen LogP contribution in [0.2, 0.25) is 0 Å². The van der Waals surface area contributed by atoms with Crippen LogP contribution in [0.25, 0.3) is 0 Å². The maximum Gasteiger partial charge on any atom is 0.410 e. The molecule has 5 heteroatoms. The second-order valence-corrected chi connectivity index (χ2v) is 5.31. The Labute approximate surface area is 141 Å². The number of hydrogen-bond donors (Lipinski definition) is 0. The summed E-state index contributed by atoms with van der Waals surface area (Å²) in [4.78, 5) is 26.0. The van der Waals surface area contributed by atoms with Gasteiger partial charge in [0.25, 0.3) is 0 Å². The summed E-state index contributed by atoms with van der Waals surface area (Å²) in [6, 6.07) is 18.2. The molecule has 2 aromatic carbocycles. The molecule has 5 nitrogen and oxygen atoms in total. The van der Waals surface area contributed by atoms with Crippen LogP contribution >= 0.6 is 0 Å². The Bertz CT molecular complexity index is 598. The molecule has 0 fully saturated rings. The third-order valence-electron chi connectivity index (χ3n) is 3.73. The van der Waals surface area contributed by atoms with Crippen LogP contribution in [0.3, 0.4) is 0 Å². The van der Waals surface area contributed by atoms with E-state index in [0.29, 0.717) is 6.42 Å². The average Bonchev–Trinajstić information content (AvgIpc) is 2.65. The Kier molecular flexibility index (Phi) is 6.37. The number of hydrogen-bond acceptors (Lipinski definition) is 4. The van der Waals surface area contributed by atoms with Crippen LogP contribution in [0.15, 0.2) is 60.7 Å². The molecule has 2 aromatic rings. The first kappa shape index (κ1) is 17.5. The number of ether oxygens (including phenoxy) is 2. The summed E-state index contributed by atoms with van der Waals surface area (Å²) in [5, 5.41) is 0. The number of nitrogens with zero attached hydrogens (tertiary/aromatic N) is 1. The third kappa shape index (κ3) is 4.59. The lowest BCUT2D eigenvalue weighted by molar-refractivity contribution is -0.146. The predicted octanol–water partition coefficient (Wildman–Crippen LogP) is 3.04. The van der Waals surface area contributed by atoms with Gasteiger partial charge in [0.05, 0.1) is 14.2 Å². The fourth-order valence-corrected chi connectivity index (χ4v) is 2.49. The standard InChI is InChI=1S/C19H21NO4/c1-23-18(21)17(13-15-9-5-3-6-10-15)20(19(22)24-2)14-16-11-7-4-8-12-16/h3-12,17H,13-14H2,1-2H3. The molecule has 0 N–H and O–H groups in total. The summed E-state index contributed by atoms with van der Waals surface area (Å²) in [5.41, 5.74) is 1.85. The monoisotopic (exact) mass is 327 g/mol. The predicted molar refractivity (Wildman–Crippen MR) is 90.3 cm³/mol. The van der Waals surface area contributed by atoms with E-state index in [2.05, 4.69) is 0 Å². The molecule has 1 unspecified atom stereocenters. The first-order chi connectivity index (χ1) is 11.7. The van der Waals surface area contributed by atoms with Crippen molar-refractivity contribution in [2.75, 3.05) is 14.2 Å². The Balaban J connectivity index is 2.29. The molecular formula is C19H21NO4. The van der Waals surface area contributed by atoms with Crippen LogP contribution in [0, 0.1) is 0 Å². The summed E-state index contributed by atoms with van der Waals surface area (Å²) in [7, 11) is 2.62. The average molecular weight is 327 g/mol. The highest BCUT2D eigenvalue weighted by molar-refractivity contribution is 5.81. The van der Waals surface area contributed by atoms with Gasteiger partial charge in [0, 0.05) is 13.0 Å². The molecule has 1 atom stereocenters. The van der Waals surface area contributed by atoms with Crippen LogP contribution in [0.4, 0.5) is 4.79 Å². The maximum absolute atomic E-state index is 12.3. The zero-order valence-corrected chi connectivity index (χ0v) is 13.8. The lowest BCUT2D eigenvalue weighted by Gasteiger charge is -2.29. The quantitative estimate of drug-likeness (QED) is 0.765. The van der Waals surface area contributed by atoms with Crippen molar-refractivity contribution in [3.8, 4) is 0 Å². The molecule has 0 spiro atoms. The van der Waals surface area contributed by atoms with Gasteiger partial charge in [-0.3, -0.25) is 4.90 Å². The van der Waals surface area contributed by atoms with Crippen molar-refractivity contribution in [3.63, 3.8) is 0 Å². The molecule has 0 bridgehead atoms. The van der Waals surface area contributed by atoms with E-state index in [1.807, 2.05) is 60.7 Å². The lowest BCUT2D eigenvalue weighted by atomic mass is 10.0. The highest BCUT2D eigenvalue weighted by atomic mass is 16.5. The van der Waals surface area contributed by atoms with E-state index in [9.17, 15) is 9.59 Å². The molecule has 0 aromatic heterocycles. The van der Waals surface area contributed by atoms with Crippen molar-refractivity contribution < 1.29 is 19.1 Å². The summed E-state index contributed by atoms with van der Waals surface area (Å²) < 4.78 is 9.79. The number of amides is 1. The Morgan fingerprint density at radius 2 is 1.42 bits per heavy atom. The van der Waals surface area contributed by atoms with Crippen molar-refractivity contribution in [2.24, 2.45) is 0 Å². The lowest BCUT2D eigenvalue weighted by Crippen LogP contribution is -2.46. The number of carbonyl (C=O) groups excluding carboxylic acids is 2. The molecule has 0 radical (unpaired) electrons. The SMILES string of the molecule is COC(=O)C(Cc1ccccc1)N(Cc1ccccc1)C(=O)OC. The first-order valence-electron chi connectivity index (χ1n) is 7.66. The van der Waals surface area contributed by atoms with E-state index in [-0.39, 0.29) is 6.54 Å². The van der Waals surface area contributed by atoms with Crippen LogP contribution in [-0.4, -0.2) is 37.2 Å². The van der Waals surface area contributed by atoms with Gasteiger partial charge in [-0.1, -0.05) is 60.7 Å². The highest BCUT2D eigenvalue weighted by Crippen LogP contribution is 2.16. The van der Waals surface area contributed by atoms with Gasteiger partial charge in [0.15, 0.2) is 0 Å². The molecule has 0 saturated carbocycles. The van der Waals surface area contributed by atoms with E-state index < -0.39 is 18.1 Å². The molecule has 24 heavy (non-hydrogen) atoms. The van der Waals surface area contributed by atoms with Gasteiger partial charge in [-0.25, -0.2) is 9.59 Å². The van der Waals surface area contributed by atoms with E-state index in [4.69, 9.17) is 9.47 Å². The number of benzene rings is 2. The van der Waals surface area contributed by atoms with E-state index in [1.54, 1.807) is 0 Å². The fourth-order valence-electron chi connectivity index (χ4n) is 2.49. The number of methoxy groups -OCH3 is 2. The zero-order chi connectivity index (χ0) is 17.4. The van der Waals surface area contributed by atoms with Gasteiger partial charge in [0.1, 0.15) is 6.04 Å². The summed E-state index contributed by atoms with van der Waals surface area (Å²) in [6.45, 7) is 0.264. The maximum atomic E-state index is 12.3. The zero-order valence-electron chi connectivity index (χ0n) is 13.8. The van der Waals surface area contributed by atoms with Crippen LogP contribution < -0.4 is 0 Å². The molecule has 0 aliphatic carbocycles. The molecular weight excluding hydrogens is 306 g/mol. The first-order valence-corrected chi connectivity index (χ1v) is 7.66. The summed E-state index contributed by atoms with van der Waals surface area (Å²) in [5.74, 6) is -0.472. The second kappa shape index (κ2) is 8.72. The van der Waals surface area contributed by atoms with E-state index in [0.717, 1.165) is 11.1 Å². The molecule has 126 valence electrons. The van der Waals surface area contributed by atoms with Gasteiger partial charge in [-0.15, -0.1) is 0 Å². The molecule has 0 aliphatic rings. The normalized spacial score (nSPS) is 11.4.